The van der Waals surface area contributed by atoms with E-state index in [1.54, 1.807) is 23.5 Å². The van der Waals surface area contributed by atoms with Gasteiger partial charge in [0.1, 0.15) is 0 Å². The van der Waals surface area contributed by atoms with Crippen molar-refractivity contribution in [2.75, 3.05) is 11.5 Å². The summed E-state index contributed by atoms with van der Waals surface area (Å²) in [6.45, 7) is 0. The number of hydrogen-bond acceptors (Lipinski definition) is 3. The molecule has 0 amide bonds. The maximum atomic E-state index is 13.7. The summed E-state index contributed by atoms with van der Waals surface area (Å²) in [4.78, 5) is 0. The van der Waals surface area contributed by atoms with Crippen molar-refractivity contribution in [3.8, 4) is 0 Å². The molecule has 1 aliphatic heterocycles. The summed E-state index contributed by atoms with van der Waals surface area (Å²) >= 11 is 3.55. The van der Waals surface area contributed by atoms with Gasteiger partial charge in [0.15, 0.2) is 0 Å². The average Bonchev–Trinajstić information content (AvgIpc) is 2.57. The van der Waals surface area contributed by atoms with Crippen molar-refractivity contribution in [3.05, 3.63) is 70.7 Å². The van der Waals surface area contributed by atoms with Crippen LogP contribution in [0.3, 0.4) is 0 Å². The van der Waals surface area contributed by atoms with Crippen molar-refractivity contribution in [2.24, 2.45) is 0 Å². The third-order valence-electron chi connectivity index (χ3n) is 3.24. The molecular formula is C17H16LiOPS2. The molecular weight excluding hydrogens is 322 g/mol. The van der Waals surface area contributed by atoms with E-state index in [-0.39, 0.29) is 18.9 Å². The van der Waals surface area contributed by atoms with Gasteiger partial charge in [0.05, 0.1) is 0 Å². The fourth-order valence-electron chi connectivity index (χ4n) is 2.18. The number of hydrogen-bond donors (Lipinski definition) is 0. The maximum absolute atomic E-state index is 13.7. The van der Waals surface area contributed by atoms with Gasteiger partial charge in [-0.1, -0.05) is 60.7 Å². The summed E-state index contributed by atoms with van der Waals surface area (Å²) in [6.07, 6.45) is 1.21. The van der Waals surface area contributed by atoms with Crippen LogP contribution in [0.25, 0.3) is 0 Å². The first-order valence-corrected chi connectivity index (χ1v) is 10.6. The van der Waals surface area contributed by atoms with Gasteiger partial charge in [-0.3, -0.25) is 0 Å². The van der Waals surface area contributed by atoms with Crippen LogP contribution in [0.5, 0.6) is 0 Å². The third-order valence-corrected chi connectivity index (χ3v) is 8.56. The van der Waals surface area contributed by atoms with Crippen molar-refractivity contribution in [1.82, 2.24) is 0 Å². The molecule has 1 saturated heterocycles. The van der Waals surface area contributed by atoms with E-state index >= 15 is 0 Å². The normalized spacial score (nSPS) is 15.0. The van der Waals surface area contributed by atoms with Crippen LogP contribution in [0.2, 0.25) is 0 Å². The molecule has 0 atom stereocenters. The molecule has 0 aromatic heterocycles. The molecule has 108 valence electrons. The van der Waals surface area contributed by atoms with Crippen molar-refractivity contribution in [3.63, 3.8) is 0 Å². The summed E-state index contributed by atoms with van der Waals surface area (Å²) in [6, 6.07) is 19.5. The monoisotopic (exact) mass is 338 g/mol. The number of thioether (sulfide) groups is 2. The predicted molar refractivity (Wildman–Crippen MR) is 96.0 cm³/mol. The Morgan fingerprint density at radius 2 is 1.27 bits per heavy atom. The molecule has 0 bridgehead atoms. The third kappa shape index (κ3) is 4.16. The van der Waals surface area contributed by atoms with Crippen LogP contribution >= 0.6 is 30.7 Å². The molecule has 0 radical (unpaired) electrons. The Kier molecular flexibility index (Phi) is 7.00. The van der Waals surface area contributed by atoms with Crippen LogP contribution in [0.1, 0.15) is 6.42 Å². The Hall–Kier alpha value is -0.293. The van der Waals surface area contributed by atoms with Gasteiger partial charge in [-0.15, -0.1) is 4.24 Å². The van der Waals surface area contributed by atoms with Crippen LogP contribution < -0.4 is 29.5 Å². The molecule has 2 aromatic carbocycles. The van der Waals surface area contributed by atoms with E-state index in [9.17, 15) is 4.57 Å². The van der Waals surface area contributed by atoms with E-state index < -0.39 is 7.14 Å². The van der Waals surface area contributed by atoms with Crippen molar-refractivity contribution in [1.29, 1.82) is 0 Å². The van der Waals surface area contributed by atoms with E-state index in [0.29, 0.717) is 0 Å². The summed E-state index contributed by atoms with van der Waals surface area (Å²) < 4.78 is 14.8. The van der Waals surface area contributed by atoms with Gasteiger partial charge in [-0.25, -0.2) is 0 Å². The molecule has 0 N–H and O–H groups in total. The molecule has 0 spiro atoms. The zero-order valence-electron chi connectivity index (χ0n) is 12.6. The van der Waals surface area contributed by atoms with Gasteiger partial charge >= 0.3 is 18.9 Å². The van der Waals surface area contributed by atoms with Crippen molar-refractivity contribution >= 4 is 41.3 Å². The minimum absolute atomic E-state index is 0. The SMILES string of the molecule is O=P([C-]=C1SCCCS1)(c1ccccc1)c1ccccc1.[Li+]. The Morgan fingerprint density at radius 1 is 0.818 bits per heavy atom. The zero-order valence-corrected chi connectivity index (χ0v) is 15.1. The second kappa shape index (κ2) is 8.53. The van der Waals surface area contributed by atoms with Gasteiger partial charge in [0, 0.05) is 7.14 Å². The van der Waals surface area contributed by atoms with Gasteiger partial charge in [0.2, 0.25) is 0 Å². The van der Waals surface area contributed by atoms with Crippen LogP contribution in [0.4, 0.5) is 0 Å². The molecule has 0 aliphatic carbocycles. The summed E-state index contributed by atoms with van der Waals surface area (Å²) in [5.41, 5.74) is 0. The minimum atomic E-state index is -2.82. The fraction of sp³-hybridized carbons (Fsp3) is 0.176. The first-order chi connectivity index (χ1) is 10.3. The molecule has 22 heavy (non-hydrogen) atoms. The second-order valence-corrected chi connectivity index (χ2v) is 9.67. The summed E-state index contributed by atoms with van der Waals surface area (Å²) in [5, 5.41) is 1.71. The summed E-state index contributed by atoms with van der Waals surface area (Å²) in [7, 11) is -2.82. The smallest absolute Gasteiger partial charge is 0.396 e. The van der Waals surface area contributed by atoms with E-state index in [2.05, 4.69) is 5.82 Å². The Bertz CT molecular complexity index is 622. The molecule has 2 aromatic rings. The Morgan fingerprint density at radius 3 is 1.73 bits per heavy atom. The van der Waals surface area contributed by atoms with E-state index in [1.165, 1.54) is 6.42 Å². The van der Waals surface area contributed by atoms with Crippen LogP contribution in [0.15, 0.2) is 64.9 Å². The molecule has 1 heterocycles. The predicted octanol–water partition coefficient (Wildman–Crippen LogP) is 1.48. The quantitative estimate of drug-likeness (QED) is 0.479. The number of rotatable bonds is 3. The molecule has 1 aliphatic rings. The molecule has 0 unspecified atom stereocenters. The second-order valence-electron chi connectivity index (χ2n) is 4.73. The van der Waals surface area contributed by atoms with Gasteiger partial charge in [-0.05, 0) is 28.5 Å². The van der Waals surface area contributed by atoms with E-state index in [4.69, 9.17) is 0 Å². The average molecular weight is 338 g/mol. The minimum Gasteiger partial charge on any atom is -0.396 e. The van der Waals surface area contributed by atoms with Crippen LogP contribution in [-0.2, 0) is 4.57 Å². The van der Waals surface area contributed by atoms with Gasteiger partial charge < -0.3 is 10.4 Å². The van der Waals surface area contributed by atoms with E-state index in [1.807, 2.05) is 60.7 Å². The maximum Gasteiger partial charge on any atom is 1.00 e. The topological polar surface area (TPSA) is 17.1 Å². The standard InChI is InChI=1S/C17H16OPS2.Li/c18-19(15-8-3-1-4-9-15,16-10-5-2-6-11-16)14-17-20-12-7-13-21-17;/h1-6,8-11H,7,12-13H2;/q-1;+1. The van der Waals surface area contributed by atoms with E-state index in [0.717, 1.165) is 26.4 Å². The first-order valence-electron chi connectivity index (χ1n) is 6.91. The zero-order chi connectivity index (χ0) is 14.5. The molecule has 0 saturated carbocycles. The van der Waals surface area contributed by atoms with Crippen LogP contribution in [-0.4, -0.2) is 11.5 Å². The molecule has 1 nitrogen and oxygen atoms in total. The summed E-state index contributed by atoms with van der Waals surface area (Å²) in [5.74, 6) is 5.56. The van der Waals surface area contributed by atoms with Crippen molar-refractivity contribution < 1.29 is 23.4 Å². The first kappa shape index (κ1) is 18.1. The van der Waals surface area contributed by atoms with Crippen molar-refractivity contribution in [2.45, 2.75) is 6.42 Å². The Balaban J connectivity index is 0.00000176. The molecule has 3 rings (SSSR count). The fourth-order valence-corrected chi connectivity index (χ4v) is 7.43. The van der Waals surface area contributed by atoms with Gasteiger partial charge in [0.25, 0.3) is 0 Å². The van der Waals surface area contributed by atoms with Gasteiger partial charge in [-0.2, -0.15) is 23.5 Å². The van der Waals surface area contributed by atoms with Crippen LogP contribution in [0, 0.1) is 5.82 Å². The Labute approximate surface area is 152 Å². The molecule has 5 heteroatoms. The number of benzene rings is 2. The largest absolute Gasteiger partial charge is 1.00 e. The molecule has 1 fully saturated rings.